The van der Waals surface area contributed by atoms with Gasteiger partial charge in [-0.2, -0.15) is 0 Å². The number of nitrogens with zero attached hydrogens (tertiary/aromatic N) is 1. The number of sulfonamides is 1. The van der Waals surface area contributed by atoms with Gasteiger partial charge in [-0.15, -0.1) is 11.3 Å². The van der Waals surface area contributed by atoms with Gasteiger partial charge in [0.15, 0.2) is 5.13 Å². The fourth-order valence-corrected chi connectivity index (χ4v) is 5.65. The number of thiazole rings is 1. The van der Waals surface area contributed by atoms with Gasteiger partial charge in [0.25, 0.3) is 15.9 Å². The zero-order valence-electron chi connectivity index (χ0n) is 20.6. The molecule has 0 atom stereocenters. The minimum absolute atomic E-state index is 0.176. The van der Waals surface area contributed by atoms with Gasteiger partial charge in [0.1, 0.15) is 0 Å². The molecule has 38 heavy (non-hydrogen) atoms. The van der Waals surface area contributed by atoms with Gasteiger partial charge < -0.3 is 0 Å². The normalized spacial score (nSPS) is 11.2. The van der Waals surface area contributed by atoms with E-state index in [9.17, 15) is 13.2 Å². The highest BCUT2D eigenvalue weighted by molar-refractivity contribution is 7.92. The number of anilines is 2. The first-order valence-electron chi connectivity index (χ1n) is 12.0. The summed E-state index contributed by atoms with van der Waals surface area (Å²) in [5.41, 5.74) is 5.98. The molecule has 0 spiro atoms. The van der Waals surface area contributed by atoms with Crippen molar-refractivity contribution in [1.29, 1.82) is 0 Å². The molecule has 1 heterocycles. The predicted molar refractivity (Wildman–Crippen MR) is 153 cm³/mol. The Labute approximate surface area is 226 Å². The quantitative estimate of drug-likeness (QED) is 0.228. The Balaban J connectivity index is 1.20. The molecule has 5 rings (SSSR count). The lowest BCUT2D eigenvalue weighted by atomic mass is 10.0. The van der Waals surface area contributed by atoms with Crippen LogP contribution in [0.4, 0.5) is 10.8 Å². The van der Waals surface area contributed by atoms with Crippen molar-refractivity contribution in [2.75, 3.05) is 10.0 Å². The van der Waals surface area contributed by atoms with E-state index in [-0.39, 0.29) is 10.8 Å². The Kier molecular flexibility index (Phi) is 7.35. The van der Waals surface area contributed by atoms with Crippen LogP contribution in [0.2, 0.25) is 0 Å². The van der Waals surface area contributed by atoms with Crippen LogP contribution in [0.5, 0.6) is 0 Å². The van der Waals surface area contributed by atoms with Gasteiger partial charge in [0.2, 0.25) is 0 Å². The molecule has 0 unspecified atom stereocenters. The number of rotatable bonds is 8. The summed E-state index contributed by atoms with van der Waals surface area (Å²) in [6.45, 7) is 1.89. The number of amides is 1. The molecule has 0 saturated heterocycles. The van der Waals surface area contributed by atoms with Crippen LogP contribution >= 0.6 is 11.3 Å². The van der Waals surface area contributed by atoms with Gasteiger partial charge in [-0.05, 0) is 60.9 Å². The molecule has 1 aromatic heterocycles. The van der Waals surface area contributed by atoms with E-state index in [1.807, 2.05) is 42.6 Å². The summed E-state index contributed by atoms with van der Waals surface area (Å²) in [6.07, 6.45) is 0.867. The number of hydrogen-bond acceptors (Lipinski definition) is 5. The molecule has 2 N–H and O–H groups in total. The highest BCUT2D eigenvalue weighted by Crippen LogP contribution is 2.26. The van der Waals surface area contributed by atoms with Crippen molar-refractivity contribution in [3.05, 3.63) is 131 Å². The van der Waals surface area contributed by atoms with Crippen molar-refractivity contribution in [2.24, 2.45) is 0 Å². The van der Waals surface area contributed by atoms with E-state index in [1.165, 1.54) is 22.5 Å². The summed E-state index contributed by atoms with van der Waals surface area (Å²) in [6, 6.07) is 31.4. The summed E-state index contributed by atoms with van der Waals surface area (Å²) < 4.78 is 27.7. The summed E-state index contributed by atoms with van der Waals surface area (Å²) in [5.74, 6) is -0.322. The third-order valence-electron chi connectivity index (χ3n) is 5.96. The van der Waals surface area contributed by atoms with E-state index >= 15 is 0 Å². The Morgan fingerprint density at radius 3 is 2.16 bits per heavy atom. The molecule has 6 nitrogen and oxygen atoms in total. The second kappa shape index (κ2) is 11.0. The average Bonchev–Trinajstić information content (AvgIpc) is 3.38. The summed E-state index contributed by atoms with van der Waals surface area (Å²) in [4.78, 5) is 17.5. The Bertz CT molecular complexity index is 1650. The fraction of sp³-hybridized carbons (Fsp3) is 0.0667. The molecule has 8 heteroatoms. The molecule has 190 valence electrons. The maximum Gasteiger partial charge on any atom is 0.261 e. The van der Waals surface area contributed by atoms with Crippen LogP contribution in [0.1, 0.15) is 27.0 Å². The minimum Gasteiger partial charge on any atom is -0.298 e. The first-order chi connectivity index (χ1) is 18.4. The lowest BCUT2D eigenvalue weighted by Gasteiger charge is -2.09. The predicted octanol–water partition coefficient (Wildman–Crippen LogP) is 6.76. The molecule has 0 aliphatic carbocycles. The Morgan fingerprint density at radius 2 is 1.47 bits per heavy atom. The van der Waals surface area contributed by atoms with E-state index in [4.69, 9.17) is 0 Å². The summed E-state index contributed by atoms with van der Waals surface area (Å²) >= 11 is 1.35. The van der Waals surface area contributed by atoms with Gasteiger partial charge in [0.05, 0.1) is 10.6 Å². The van der Waals surface area contributed by atoms with Crippen molar-refractivity contribution < 1.29 is 13.2 Å². The molecule has 0 fully saturated rings. The number of hydrogen-bond donors (Lipinski definition) is 2. The lowest BCUT2D eigenvalue weighted by molar-refractivity contribution is 0.102. The van der Waals surface area contributed by atoms with Crippen molar-refractivity contribution in [1.82, 2.24) is 4.98 Å². The first-order valence-corrected chi connectivity index (χ1v) is 14.3. The van der Waals surface area contributed by atoms with Crippen LogP contribution in [0.15, 0.2) is 113 Å². The van der Waals surface area contributed by atoms with Crippen molar-refractivity contribution in [2.45, 2.75) is 18.2 Å². The molecule has 0 aliphatic heterocycles. The maximum atomic E-state index is 12.7. The number of nitrogens with one attached hydrogen (secondary N) is 2. The van der Waals surface area contributed by atoms with Crippen LogP contribution in [-0.4, -0.2) is 19.3 Å². The second-order valence-corrected chi connectivity index (χ2v) is 11.4. The van der Waals surface area contributed by atoms with Crippen LogP contribution in [0.3, 0.4) is 0 Å². The number of carbonyl (C=O) groups is 1. The van der Waals surface area contributed by atoms with E-state index in [0.29, 0.717) is 16.4 Å². The Hall–Kier alpha value is -4.27. The molecule has 0 saturated carbocycles. The monoisotopic (exact) mass is 539 g/mol. The van der Waals surface area contributed by atoms with Crippen LogP contribution < -0.4 is 10.0 Å². The highest BCUT2D eigenvalue weighted by Gasteiger charge is 2.15. The second-order valence-electron chi connectivity index (χ2n) is 8.85. The van der Waals surface area contributed by atoms with Gasteiger partial charge in [-0.3, -0.25) is 14.8 Å². The molecule has 4 aromatic carbocycles. The van der Waals surface area contributed by atoms with Crippen LogP contribution in [0.25, 0.3) is 11.3 Å². The molecule has 0 aliphatic rings. The molecule has 0 bridgehead atoms. The van der Waals surface area contributed by atoms with Crippen molar-refractivity contribution in [3.8, 4) is 11.3 Å². The zero-order valence-corrected chi connectivity index (χ0v) is 22.2. The van der Waals surface area contributed by atoms with E-state index in [1.54, 1.807) is 48.5 Å². The van der Waals surface area contributed by atoms with E-state index in [2.05, 4.69) is 39.3 Å². The van der Waals surface area contributed by atoms with Crippen LogP contribution in [0, 0.1) is 6.92 Å². The minimum atomic E-state index is -3.71. The lowest BCUT2D eigenvalue weighted by Crippen LogP contribution is -2.14. The van der Waals surface area contributed by atoms with E-state index in [0.717, 1.165) is 23.2 Å². The summed E-state index contributed by atoms with van der Waals surface area (Å²) in [7, 11) is -3.71. The van der Waals surface area contributed by atoms with Crippen molar-refractivity contribution >= 4 is 38.1 Å². The average molecular weight is 540 g/mol. The molecular weight excluding hydrogens is 514 g/mol. The molecule has 0 radical (unpaired) electrons. The topological polar surface area (TPSA) is 88.2 Å². The zero-order chi connectivity index (χ0) is 26.5. The number of aryl methyl sites for hydroxylation is 1. The van der Waals surface area contributed by atoms with Gasteiger partial charge >= 0.3 is 0 Å². The van der Waals surface area contributed by atoms with E-state index < -0.39 is 10.0 Å². The first kappa shape index (κ1) is 25.4. The largest absolute Gasteiger partial charge is 0.298 e. The Morgan fingerprint density at radius 1 is 0.816 bits per heavy atom. The third kappa shape index (κ3) is 6.16. The third-order valence-corrected chi connectivity index (χ3v) is 8.11. The van der Waals surface area contributed by atoms with Crippen LogP contribution in [-0.2, 0) is 16.4 Å². The molecular formula is C30H25N3O3S2. The smallest absolute Gasteiger partial charge is 0.261 e. The number of aromatic nitrogens is 1. The SMILES string of the molecule is Cc1ccc(S(=O)(=O)Nc2ccc(C(=O)Nc3nc(-c4ccc(Cc5ccccc5)cc4)cs3)cc2)cc1. The highest BCUT2D eigenvalue weighted by atomic mass is 32.2. The maximum absolute atomic E-state index is 12.7. The fourth-order valence-electron chi connectivity index (χ4n) is 3.88. The molecule has 5 aromatic rings. The molecule has 1 amide bonds. The van der Waals surface area contributed by atoms with Gasteiger partial charge in [-0.1, -0.05) is 72.3 Å². The van der Waals surface area contributed by atoms with Gasteiger partial charge in [-0.25, -0.2) is 13.4 Å². The van der Waals surface area contributed by atoms with Crippen molar-refractivity contribution in [3.63, 3.8) is 0 Å². The van der Waals surface area contributed by atoms with Gasteiger partial charge in [0, 0.05) is 22.2 Å². The summed E-state index contributed by atoms with van der Waals surface area (Å²) in [5, 5.41) is 5.22. The number of carbonyl (C=O) groups excluding carboxylic acids is 1. The standard InChI is InChI=1S/C30H25N3O3S2/c1-21-7-17-27(18-8-21)38(35,36)33-26-15-13-25(14-16-26)29(34)32-30-31-28(20-37-30)24-11-9-23(10-12-24)19-22-5-3-2-4-6-22/h2-18,20,33H,19H2,1H3,(H,31,32,34). The number of benzene rings is 4.